The minimum atomic E-state index is 0.0487. The zero-order chi connectivity index (χ0) is 14.1. The van der Waals surface area contributed by atoms with Gasteiger partial charge in [0.2, 0.25) is 5.78 Å². The fraction of sp³-hybridized carbons (Fsp3) is 0.267. The Morgan fingerprint density at radius 1 is 1.35 bits per heavy atom. The van der Waals surface area contributed by atoms with E-state index in [1.165, 1.54) is 10.4 Å². The van der Waals surface area contributed by atoms with Crippen molar-refractivity contribution in [2.75, 3.05) is 12.9 Å². The number of hydrogen-bond acceptors (Lipinski definition) is 4. The molecule has 0 bridgehead atoms. The Balaban J connectivity index is 2.00. The summed E-state index contributed by atoms with van der Waals surface area (Å²) in [5, 5.41) is 0. The summed E-state index contributed by atoms with van der Waals surface area (Å²) in [6.45, 7) is 0. The van der Waals surface area contributed by atoms with Crippen LogP contribution in [0.5, 0.6) is 5.75 Å². The smallest absolute Gasteiger partial charge is 0.206 e. The maximum Gasteiger partial charge on any atom is 0.206 e. The molecule has 3 rings (SSSR count). The van der Waals surface area contributed by atoms with Crippen LogP contribution in [0.15, 0.2) is 28.7 Å². The number of rotatable bonds is 3. The number of carbonyl (C=O) groups excluding carboxylic acids is 1. The number of ketones is 1. The minimum absolute atomic E-state index is 0.0487. The normalized spacial score (nSPS) is 13.9. The second-order valence-corrected chi connectivity index (χ2v) is 7.69. The number of thiophene rings is 1. The van der Waals surface area contributed by atoms with Gasteiger partial charge < -0.3 is 4.74 Å². The number of aryl methyl sites for hydroxylation is 1. The summed E-state index contributed by atoms with van der Waals surface area (Å²) < 4.78 is 6.19. The Kier molecular flexibility index (Phi) is 4.19. The van der Waals surface area contributed by atoms with Gasteiger partial charge in [0, 0.05) is 15.1 Å². The predicted octanol–water partition coefficient (Wildman–Crippen LogP) is 4.54. The summed E-state index contributed by atoms with van der Waals surface area (Å²) in [6.07, 6.45) is 1.08. The number of carbonyl (C=O) groups is 1. The van der Waals surface area contributed by atoms with Crippen molar-refractivity contribution in [2.24, 2.45) is 0 Å². The first-order chi connectivity index (χ1) is 9.69. The Bertz CT molecular complexity index is 640. The molecule has 0 atom stereocenters. The fourth-order valence-electron chi connectivity index (χ4n) is 2.25. The third-order valence-corrected chi connectivity index (χ3v) is 5.99. The Labute approximate surface area is 134 Å². The molecule has 1 aliphatic rings. The van der Waals surface area contributed by atoms with Crippen LogP contribution in [-0.4, -0.2) is 18.6 Å². The van der Waals surface area contributed by atoms with Gasteiger partial charge in [0.1, 0.15) is 5.75 Å². The van der Waals surface area contributed by atoms with Gasteiger partial charge in [-0.1, -0.05) is 15.9 Å². The first-order valence-corrected chi connectivity index (χ1v) is 9.03. The summed E-state index contributed by atoms with van der Waals surface area (Å²) in [4.78, 5) is 14.9. The monoisotopic (exact) mass is 368 g/mol. The zero-order valence-corrected chi connectivity index (χ0v) is 14.2. The average Bonchev–Trinajstić information content (AvgIpc) is 2.90. The first-order valence-electron chi connectivity index (χ1n) is 6.26. The van der Waals surface area contributed by atoms with E-state index in [0.717, 1.165) is 27.3 Å². The van der Waals surface area contributed by atoms with E-state index in [2.05, 4.69) is 22.0 Å². The zero-order valence-electron chi connectivity index (χ0n) is 10.9. The highest BCUT2D eigenvalue weighted by atomic mass is 79.9. The van der Waals surface area contributed by atoms with Gasteiger partial charge in [0.05, 0.1) is 17.6 Å². The van der Waals surface area contributed by atoms with E-state index in [1.54, 1.807) is 18.4 Å². The SMILES string of the molecule is COc1ccc(Br)cc1C(=O)c1cc2c(s1)CCSC2. The van der Waals surface area contributed by atoms with E-state index in [-0.39, 0.29) is 5.78 Å². The van der Waals surface area contributed by atoms with Crippen molar-refractivity contribution in [1.29, 1.82) is 0 Å². The standard InChI is InChI=1S/C15H13BrO2S2/c1-18-12-3-2-10(16)7-11(12)15(17)14-6-9-8-19-5-4-13(9)20-14/h2-3,6-7H,4-5,8H2,1H3. The number of methoxy groups -OCH3 is 1. The van der Waals surface area contributed by atoms with E-state index >= 15 is 0 Å². The molecule has 2 heterocycles. The molecule has 0 aliphatic carbocycles. The lowest BCUT2D eigenvalue weighted by Crippen LogP contribution is -2.02. The van der Waals surface area contributed by atoms with Gasteiger partial charge in [-0.2, -0.15) is 11.8 Å². The van der Waals surface area contributed by atoms with Crippen LogP contribution < -0.4 is 4.74 Å². The van der Waals surface area contributed by atoms with E-state index in [4.69, 9.17) is 4.74 Å². The average molecular weight is 369 g/mol. The van der Waals surface area contributed by atoms with Crippen molar-refractivity contribution in [3.8, 4) is 5.75 Å². The lowest BCUT2D eigenvalue weighted by atomic mass is 10.1. The maximum absolute atomic E-state index is 12.7. The highest BCUT2D eigenvalue weighted by Crippen LogP contribution is 2.34. The summed E-state index contributed by atoms with van der Waals surface area (Å²) in [5.41, 5.74) is 1.94. The third-order valence-electron chi connectivity index (χ3n) is 3.26. The quantitative estimate of drug-likeness (QED) is 0.743. The van der Waals surface area contributed by atoms with Gasteiger partial charge in [-0.25, -0.2) is 0 Å². The van der Waals surface area contributed by atoms with Crippen LogP contribution >= 0.6 is 39.0 Å². The van der Waals surface area contributed by atoms with Crippen molar-refractivity contribution in [1.82, 2.24) is 0 Å². The van der Waals surface area contributed by atoms with Gasteiger partial charge in [-0.05, 0) is 42.0 Å². The van der Waals surface area contributed by atoms with Crippen molar-refractivity contribution in [3.05, 3.63) is 49.6 Å². The topological polar surface area (TPSA) is 26.3 Å². The van der Waals surface area contributed by atoms with Crippen LogP contribution in [0.4, 0.5) is 0 Å². The van der Waals surface area contributed by atoms with Gasteiger partial charge in [0.15, 0.2) is 0 Å². The van der Waals surface area contributed by atoms with Crippen molar-refractivity contribution < 1.29 is 9.53 Å². The van der Waals surface area contributed by atoms with Crippen molar-refractivity contribution in [3.63, 3.8) is 0 Å². The molecule has 0 fully saturated rings. The predicted molar refractivity (Wildman–Crippen MR) is 88.3 cm³/mol. The van der Waals surface area contributed by atoms with E-state index in [1.807, 2.05) is 30.0 Å². The number of benzene rings is 1. The molecule has 1 aromatic carbocycles. The summed E-state index contributed by atoms with van der Waals surface area (Å²) in [6, 6.07) is 7.58. The van der Waals surface area contributed by atoms with Gasteiger partial charge in [-0.3, -0.25) is 4.79 Å². The number of halogens is 1. The lowest BCUT2D eigenvalue weighted by Gasteiger charge is -2.08. The van der Waals surface area contributed by atoms with Crippen LogP contribution in [0.25, 0.3) is 0 Å². The fourth-order valence-corrected chi connectivity index (χ4v) is 4.94. The van der Waals surface area contributed by atoms with Crippen molar-refractivity contribution in [2.45, 2.75) is 12.2 Å². The molecule has 1 aliphatic heterocycles. The third kappa shape index (κ3) is 2.67. The van der Waals surface area contributed by atoms with Crippen LogP contribution in [0.3, 0.4) is 0 Å². The molecule has 20 heavy (non-hydrogen) atoms. The molecular weight excluding hydrogens is 356 g/mol. The van der Waals surface area contributed by atoms with E-state index in [9.17, 15) is 4.79 Å². The summed E-state index contributed by atoms with van der Waals surface area (Å²) in [5.74, 6) is 2.85. The molecule has 2 aromatic rings. The summed E-state index contributed by atoms with van der Waals surface area (Å²) >= 11 is 6.98. The molecule has 5 heteroatoms. The number of ether oxygens (including phenoxy) is 1. The van der Waals surface area contributed by atoms with E-state index in [0.29, 0.717) is 11.3 Å². The molecule has 0 spiro atoms. The Morgan fingerprint density at radius 3 is 2.95 bits per heavy atom. The number of hydrogen-bond donors (Lipinski definition) is 0. The van der Waals surface area contributed by atoms with Gasteiger partial charge in [-0.15, -0.1) is 11.3 Å². The number of thioether (sulfide) groups is 1. The van der Waals surface area contributed by atoms with Crippen LogP contribution in [0.1, 0.15) is 25.7 Å². The highest BCUT2D eigenvalue weighted by molar-refractivity contribution is 9.10. The second-order valence-electron chi connectivity index (χ2n) is 4.54. The molecule has 1 aromatic heterocycles. The molecule has 0 saturated heterocycles. The van der Waals surface area contributed by atoms with E-state index < -0.39 is 0 Å². The van der Waals surface area contributed by atoms with Crippen molar-refractivity contribution >= 4 is 44.8 Å². The summed E-state index contributed by atoms with van der Waals surface area (Å²) in [7, 11) is 1.59. The largest absolute Gasteiger partial charge is 0.496 e. The molecule has 0 amide bonds. The second kappa shape index (κ2) is 5.92. The lowest BCUT2D eigenvalue weighted by molar-refractivity contribution is 0.103. The molecule has 2 nitrogen and oxygen atoms in total. The maximum atomic E-state index is 12.7. The minimum Gasteiger partial charge on any atom is -0.496 e. The van der Waals surface area contributed by atoms with Crippen LogP contribution in [-0.2, 0) is 12.2 Å². The Morgan fingerprint density at radius 2 is 2.20 bits per heavy atom. The molecule has 104 valence electrons. The molecule has 0 saturated carbocycles. The molecule has 0 N–H and O–H groups in total. The van der Waals surface area contributed by atoms with Crippen LogP contribution in [0, 0.1) is 0 Å². The Hall–Kier alpha value is -0.780. The number of fused-ring (bicyclic) bond motifs is 1. The first kappa shape index (κ1) is 14.2. The molecule has 0 unspecified atom stereocenters. The van der Waals surface area contributed by atoms with Crippen LogP contribution in [0.2, 0.25) is 0 Å². The molecule has 0 radical (unpaired) electrons. The van der Waals surface area contributed by atoms with Gasteiger partial charge in [0.25, 0.3) is 0 Å². The highest BCUT2D eigenvalue weighted by Gasteiger charge is 2.21. The van der Waals surface area contributed by atoms with Gasteiger partial charge >= 0.3 is 0 Å². The molecular formula is C15H13BrO2S2.